The van der Waals surface area contributed by atoms with Gasteiger partial charge in [-0.1, -0.05) is 13.0 Å². The van der Waals surface area contributed by atoms with Crippen LogP contribution in [0, 0.1) is 11.3 Å². The van der Waals surface area contributed by atoms with Crippen LogP contribution >= 0.6 is 11.6 Å². The lowest BCUT2D eigenvalue weighted by Gasteiger charge is -2.12. The van der Waals surface area contributed by atoms with Gasteiger partial charge in [-0.3, -0.25) is 0 Å². The van der Waals surface area contributed by atoms with E-state index in [1.54, 1.807) is 6.08 Å². The van der Waals surface area contributed by atoms with Crippen molar-refractivity contribution >= 4 is 11.6 Å². The summed E-state index contributed by atoms with van der Waals surface area (Å²) >= 11 is 5.78. The van der Waals surface area contributed by atoms with Gasteiger partial charge < -0.3 is 0 Å². The van der Waals surface area contributed by atoms with E-state index in [9.17, 15) is 0 Å². The molecule has 0 N–H and O–H groups in total. The standard InChI is InChI=1S/C7H10ClN/c1-3-5-7(8,4-2)6-9/h3H,1,4-5H2,2H3. The molecule has 1 unspecified atom stereocenters. The van der Waals surface area contributed by atoms with Gasteiger partial charge in [0.2, 0.25) is 0 Å². The predicted molar refractivity (Wildman–Crippen MR) is 39.3 cm³/mol. The minimum Gasteiger partial charge on any atom is -0.196 e. The Bertz CT molecular complexity index is 136. The van der Waals surface area contributed by atoms with Crippen LogP contribution in [0.5, 0.6) is 0 Å². The summed E-state index contributed by atoms with van der Waals surface area (Å²) in [5, 5.41) is 8.49. The van der Waals surface area contributed by atoms with Gasteiger partial charge in [0, 0.05) is 0 Å². The summed E-state index contributed by atoms with van der Waals surface area (Å²) in [7, 11) is 0. The third kappa shape index (κ3) is 2.53. The summed E-state index contributed by atoms with van der Waals surface area (Å²) in [6.07, 6.45) is 2.89. The van der Waals surface area contributed by atoms with Crippen LogP contribution in [0.4, 0.5) is 0 Å². The maximum absolute atomic E-state index is 8.49. The first-order valence-corrected chi connectivity index (χ1v) is 3.27. The zero-order valence-corrected chi connectivity index (χ0v) is 6.28. The molecule has 50 valence electrons. The molecule has 0 rings (SSSR count). The van der Waals surface area contributed by atoms with Crippen molar-refractivity contribution in [3.05, 3.63) is 12.7 Å². The van der Waals surface area contributed by atoms with Crippen molar-refractivity contribution in [2.75, 3.05) is 0 Å². The Hall–Kier alpha value is -0.480. The Morgan fingerprint density at radius 3 is 2.56 bits per heavy atom. The lowest BCUT2D eigenvalue weighted by atomic mass is 10.0. The van der Waals surface area contributed by atoms with Crippen LogP contribution < -0.4 is 0 Å². The minimum atomic E-state index is -0.707. The molecule has 0 heterocycles. The van der Waals surface area contributed by atoms with E-state index < -0.39 is 4.87 Å². The first-order chi connectivity index (χ1) is 4.18. The second kappa shape index (κ2) is 3.53. The number of rotatable bonds is 3. The number of halogens is 1. The molecule has 0 saturated heterocycles. The maximum Gasteiger partial charge on any atom is 0.134 e. The van der Waals surface area contributed by atoms with E-state index in [2.05, 4.69) is 6.58 Å². The molecular formula is C7H10ClN. The first kappa shape index (κ1) is 8.52. The molecule has 0 aromatic carbocycles. The van der Waals surface area contributed by atoms with Gasteiger partial charge in [-0.05, 0) is 12.8 Å². The van der Waals surface area contributed by atoms with Gasteiger partial charge >= 0.3 is 0 Å². The van der Waals surface area contributed by atoms with Crippen LogP contribution in [-0.2, 0) is 0 Å². The second-order valence-electron chi connectivity index (χ2n) is 1.92. The lowest BCUT2D eigenvalue weighted by Crippen LogP contribution is -2.15. The number of nitriles is 1. The molecule has 0 aromatic rings. The normalized spacial score (nSPS) is 15.7. The molecule has 9 heavy (non-hydrogen) atoms. The van der Waals surface area contributed by atoms with Crippen LogP contribution in [0.3, 0.4) is 0 Å². The Balaban J connectivity index is 3.96. The molecule has 0 bridgehead atoms. The average molecular weight is 144 g/mol. The van der Waals surface area contributed by atoms with Gasteiger partial charge in [0.05, 0.1) is 6.07 Å². The first-order valence-electron chi connectivity index (χ1n) is 2.89. The van der Waals surface area contributed by atoms with E-state index >= 15 is 0 Å². The van der Waals surface area contributed by atoms with Gasteiger partial charge in [-0.25, -0.2) is 0 Å². The second-order valence-corrected chi connectivity index (χ2v) is 2.65. The monoisotopic (exact) mass is 143 g/mol. The summed E-state index contributed by atoms with van der Waals surface area (Å²) in [5.41, 5.74) is 0. The Labute approximate surface area is 60.9 Å². The molecule has 2 heteroatoms. The fourth-order valence-corrected chi connectivity index (χ4v) is 0.607. The highest BCUT2D eigenvalue weighted by molar-refractivity contribution is 6.25. The maximum atomic E-state index is 8.49. The van der Waals surface area contributed by atoms with Crippen LogP contribution in [0.2, 0.25) is 0 Å². The van der Waals surface area contributed by atoms with E-state index in [4.69, 9.17) is 16.9 Å². The van der Waals surface area contributed by atoms with Crippen molar-refractivity contribution in [2.24, 2.45) is 0 Å². The smallest absolute Gasteiger partial charge is 0.134 e. The van der Waals surface area contributed by atoms with Gasteiger partial charge in [0.15, 0.2) is 0 Å². The van der Waals surface area contributed by atoms with Crippen molar-refractivity contribution in [1.29, 1.82) is 5.26 Å². The van der Waals surface area contributed by atoms with Crippen molar-refractivity contribution in [1.82, 2.24) is 0 Å². The number of hydrogen-bond acceptors (Lipinski definition) is 1. The summed E-state index contributed by atoms with van der Waals surface area (Å²) in [6, 6.07) is 2.02. The van der Waals surface area contributed by atoms with Crippen LogP contribution in [0.1, 0.15) is 19.8 Å². The van der Waals surface area contributed by atoms with Crippen LogP contribution in [0.25, 0.3) is 0 Å². The van der Waals surface area contributed by atoms with Crippen molar-refractivity contribution in [3.8, 4) is 6.07 Å². The molecule has 0 aliphatic heterocycles. The largest absolute Gasteiger partial charge is 0.196 e. The van der Waals surface area contributed by atoms with E-state index in [-0.39, 0.29) is 0 Å². The minimum absolute atomic E-state index is 0.557. The van der Waals surface area contributed by atoms with Gasteiger partial charge in [-0.15, -0.1) is 18.2 Å². The third-order valence-electron chi connectivity index (χ3n) is 1.23. The molecule has 0 aliphatic carbocycles. The number of alkyl halides is 1. The molecular weight excluding hydrogens is 134 g/mol. The molecule has 0 aromatic heterocycles. The van der Waals surface area contributed by atoms with E-state index in [0.717, 1.165) is 0 Å². The molecule has 0 saturated carbocycles. The molecule has 0 radical (unpaired) electrons. The van der Waals surface area contributed by atoms with Crippen molar-refractivity contribution in [3.63, 3.8) is 0 Å². The number of allylic oxidation sites excluding steroid dienone is 1. The third-order valence-corrected chi connectivity index (χ3v) is 1.73. The van der Waals surface area contributed by atoms with Gasteiger partial charge in [0.25, 0.3) is 0 Å². The Morgan fingerprint density at radius 1 is 1.89 bits per heavy atom. The van der Waals surface area contributed by atoms with Crippen molar-refractivity contribution in [2.45, 2.75) is 24.6 Å². The Morgan fingerprint density at radius 2 is 2.44 bits per heavy atom. The lowest BCUT2D eigenvalue weighted by molar-refractivity contribution is 0.695. The fourth-order valence-electron chi connectivity index (χ4n) is 0.498. The Kier molecular flexibility index (Phi) is 3.34. The summed E-state index contributed by atoms with van der Waals surface area (Å²) in [4.78, 5) is -0.707. The zero-order chi connectivity index (χ0) is 7.33. The molecule has 0 amide bonds. The molecule has 0 fully saturated rings. The SMILES string of the molecule is C=CCC(Cl)(C#N)CC. The summed E-state index contributed by atoms with van der Waals surface area (Å²) in [6.45, 7) is 5.39. The van der Waals surface area contributed by atoms with Crippen LogP contribution in [-0.4, -0.2) is 4.87 Å². The van der Waals surface area contributed by atoms with E-state index in [0.29, 0.717) is 12.8 Å². The zero-order valence-electron chi connectivity index (χ0n) is 5.52. The van der Waals surface area contributed by atoms with Crippen molar-refractivity contribution < 1.29 is 0 Å². The topological polar surface area (TPSA) is 23.8 Å². The highest BCUT2D eigenvalue weighted by atomic mass is 35.5. The molecule has 0 aliphatic rings. The average Bonchev–Trinajstić information content (AvgIpc) is 1.89. The van der Waals surface area contributed by atoms with Gasteiger partial charge in [-0.2, -0.15) is 5.26 Å². The van der Waals surface area contributed by atoms with Gasteiger partial charge in [0.1, 0.15) is 4.87 Å². The highest BCUT2D eigenvalue weighted by Crippen LogP contribution is 2.22. The van der Waals surface area contributed by atoms with Crippen LogP contribution in [0.15, 0.2) is 12.7 Å². The van der Waals surface area contributed by atoms with E-state index in [1.807, 2.05) is 13.0 Å². The highest BCUT2D eigenvalue weighted by Gasteiger charge is 2.21. The summed E-state index contributed by atoms with van der Waals surface area (Å²) in [5.74, 6) is 0. The number of nitrogens with zero attached hydrogens (tertiary/aromatic N) is 1. The summed E-state index contributed by atoms with van der Waals surface area (Å²) < 4.78 is 0. The fraction of sp³-hybridized carbons (Fsp3) is 0.571. The quantitative estimate of drug-likeness (QED) is 0.440. The van der Waals surface area contributed by atoms with E-state index in [1.165, 1.54) is 0 Å². The number of hydrogen-bond donors (Lipinski definition) is 0. The molecule has 1 atom stereocenters. The molecule has 1 nitrogen and oxygen atoms in total. The predicted octanol–water partition coefficient (Wildman–Crippen LogP) is 2.47. The molecule has 0 spiro atoms.